The number of aliphatic hydroxyl groups excluding tert-OH is 1. The van der Waals surface area contributed by atoms with Gasteiger partial charge in [-0.3, -0.25) is 10.1 Å². The van der Waals surface area contributed by atoms with E-state index in [1.165, 1.54) is 13.2 Å². The van der Waals surface area contributed by atoms with Gasteiger partial charge in [0.1, 0.15) is 5.56 Å². The first-order valence-corrected chi connectivity index (χ1v) is 5.73. The molecule has 0 heterocycles. The lowest BCUT2D eigenvalue weighted by molar-refractivity contribution is -0.385. The second-order valence-electron chi connectivity index (χ2n) is 3.69. The maximum atomic E-state index is 11.6. The van der Waals surface area contributed by atoms with Gasteiger partial charge in [0.15, 0.2) is 11.5 Å². The Labute approximate surface area is 115 Å². The number of esters is 1. The normalized spacial score (nSPS) is 9.95. The zero-order chi connectivity index (χ0) is 15.1. The van der Waals surface area contributed by atoms with Crippen LogP contribution in [0.5, 0.6) is 11.5 Å². The van der Waals surface area contributed by atoms with E-state index in [-0.39, 0.29) is 30.3 Å². The zero-order valence-electron chi connectivity index (χ0n) is 11.1. The van der Waals surface area contributed by atoms with Gasteiger partial charge in [-0.1, -0.05) is 0 Å². The standard InChI is InChI=1S/C12H15NO7/c1-18-10-7-9(13(16)17)8(12(15)19-2)6-11(10)20-5-3-4-14/h6-7,14H,3-5H2,1-2H3. The van der Waals surface area contributed by atoms with E-state index in [0.717, 1.165) is 13.2 Å². The average Bonchev–Trinajstić information content (AvgIpc) is 2.45. The van der Waals surface area contributed by atoms with Crippen molar-refractivity contribution in [2.24, 2.45) is 0 Å². The van der Waals surface area contributed by atoms with Crippen LogP contribution in [0.4, 0.5) is 5.69 Å². The van der Waals surface area contributed by atoms with Crippen molar-refractivity contribution < 1.29 is 29.0 Å². The van der Waals surface area contributed by atoms with Crippen LogP contribution in [0.15, 0.2) is 12.1 Å². The fourth-order valence-electron chi connectivity index (χ4n) is 1.49. The van der Waals surface area contributed by atoms with Gasteiger partial charge < -0.3 is 19.3 Å². The largest absolute Gasteiger partial charge is 0.493 e. The highest BCUT2D eigenvalue weighted by atomic mass is 16.6. The summed E-state index contributed by atoms with van der Waals surface area (Å²) in [7, 11) is 2.46. The molecule has 0 saturated carbocycles. The number of carbonyl (C=O) groups excluding carboxylic acids is 1. The summed E-state index contributed by atoms with van der Waals surface area (Å²) in [4.78, 5) is 21.8. The summed E-state index contributed by atoms with van der Waals surface area (Å²) in [5, 5.41) is 19.6. The van der Waals surface area contributed by atoms with Crippen LogP contribution in [-0.4, -0.2) is 43.4 Å². The Morgan fingerprint density at radius 3 is 2.55 bits per heavy atom. The van der Waals surface area contributed by atoms with E-state index < -0.39 is 16.6 Å². The summed E-state index contributed by atoms with van der Waals surface area (Å²) < 4.78 is 14.8. The lowest BCUT2D eigenvalue weighted by Gasteiger charge is -2.11. The van der Waals surface area contributed by atoms with Gasteiger partial charge >= 0.3 is 5.97 Å². The summed E-state index contributed by atoms with van der Waals surface area (Å²) in [6.45, 7) is 0.129. The molecule has 1 rings (SSSR count). The Morgan fingerprint density at radius 1 is 1.35 bits per heavy atom. The number of benzene rings is 1. The number of carbonyl (C=O) groups is 1. The molecule has 0 unspecified atom stereocenters. The molecule has 0 saturated heterocycles. The first-order chi connectivity index (χ1) is 9.54. The lowest BCUT2D eigenvalue weighted by Crippen LogP contribution is -2.08. The van der Waals surface area contributed by atoms with Crippen molar-refractivity contribution in [3.63, 3.8) is 0 Å². The van der Waals surface area contributed by atoms with Crippen LogP contribution in [-0.2, 0) is 4.74 Å². The van der Waals surface area contributed by atoms with E-state index >= 15 is 0 Å². The van der Waals surface area contributed by atoms with Gasteiger partial charge in [0.2, 0.25) is 0 Å². The molecular weight excluding hydrogens is 270 g/mol. The van der Waals surface area contributed by atoms with Crippen molar-refractivity contribution in [1.29, 1.82) is 0 Å². The molecule has 1 aromatic rings. The van der Waals surface area contributed by atoms with Crippen molar-refractivity contribution in [1.82, 2.24) is 0 Å². The van der Waals surface area contributed by atoms with Gasteiger partial charge in [0, 0.05) is 19.1 Å². The van der Waals surface area contributed by atoms with E-state index in [0.29, 0.717) is 6.42 Å². The van der Waals surface area contributed by atoms with E-state index in [9.17, 15) is 14.9 Å². The molecule has 110 valence electrons. The molecule has 1 aromatic carbocycles. The molecule has 0 aliphatic heterocycles. The monoisotopic (exact) mass is 285 g/mol. The summed E-state index contributed by atoms with van der Waals surface area (Å²) in [6.07, 6.45) is 0.383. The fourth-order valence-corrected chi connectivity index (χ4v) is 1.49. The SMILES string of the molecule is COC(=O)c1cc(OCCCO)c(OC)cc1[N+](=O)[O-]. The maximum absolute atomic E-state index is 11.6. The number of hydrogen-bond acceptors (Lipinski definition) is 7. The Hall–Kier alpha value is -2.35. The molecule has 0 radical (unpaired) electrons. The second-order valence-corrected chi connectivity index (χ2v) is 3.69. The minimum atomic E-state index is -0.841. The predicted molar refractivity (Wildman–Crippen MR) is 68.2 cm³/mol. The molecule has 0 aromatic heterocycles. The molecule has 0 atom stereocenters. The number of hydrogen-bond donors (Lipinski definition) is 1. The van der Waals surface area contributed by atoms with Crippen molar-refractivity contribution in [2.75, 3.05) is 27.4 Å². The molecule has 8 heteroatoms. The molecule has 0 aliphatic carbocycles. The van der Waals surface area contributed by atoms with Crippen molar-refractivity contribution in [3.8, 4) is 11.5 Å². The quantitative estimate of drug-likeness (QED) is 0.346. The lowest BCUT2D eigenvalue weighted by atomic mass is 10.1. The van der Waals surface area contributed by atoms with Crippen LogP contribution in [0, 0.1) is 10.1 Å². The molecular formula is C12H15NO7. The molecule has 20 heavy (non-hydrogen) atoms. The van der Waals surface area contributed by atoms with Crippen molar-refractivity contribution in [3.05, 3.63) is 27.8 Å². The molecule has 0 bridgehead atoms. The zero-order valence-corrected chi connectivity index (χ0v) is 11.1. The Balaban J connectivity index is 3.23. The molecule has 0 aliphatic rings. The highest BCUT2D eigenvalue weighted by Crippen LogP contribution is 2.35. The van der Waals surface area contributed by atoms with E-state index in [1.54, 1.807) is 0 Å². The number of nitro benzene ring substituents is 1. The first kappa shape index (κ1) is 15.7. The molecule has 0 spiro atoms. The minimum absolute atomic E-state index is 0.0564. The first-order valence-electron chi connectivity index (χ1n) is 5.73. The predicted octanol–water partition coefficient (Wildman–Crippen LogP) is 1.15. The summed E-state index contributed by atoms with van der Waals surface area (Å²) in [5.74, 6) is -0.541. The topological polar surface area (TPSA) is 108 Å². The number of nitro groups is 1. The minimum Gasteiger partial charge on any atom is -0.493 e. The average molecular weight is 285 g/mol. The van der Waals surface area contributed by atoms with Gasteiger partial charge in [0.05, 0.1) is 31.8 Å². The van der Waals surface area contributed by atoms with Gasteiger partial charge in [-0.25, -0.2) is 4.79 Å². The third kappa shape index (κ3) is 3.58. The number of rotatable bonds is 7. The number of aliphatic hydroxyl groups is 1. The Bertz CT molecular complexity index is 501. The van der Waals surface area contributed by atoms with Crippen LogP contribution in [0.2, 0.25) is 0 Å². The highest BCUT2D eigenvalue weighted by Gasteiger charge is 2.25. The Kier molecular flexibility index (Phi) is 5.73. The molecule has 1 N–H and O–H groups in total. The van der Waals surface area contributed by atoms with Crippen LogP contribution in [0.25, 0.3) is 0 Å². The van der Waals surface area contributed by atoms with E-state index in [4.69, 9.17) is 14.6 Å². The Morgan fingerprint density at radius 2 is 2.05 bits per heavy atom. The van der Waals surface area contributed by atoms with Gasteiger partial charge in [-0.05, 0) is 0 Å². The summed E-state index contributed by atoms with van der Waals surface area (Å²) in [6, 6.07) is 2.29. The summed E-state index contributed by atoms with van der Waals surface area (Å²) >= 11 is 0. The third-order valence-electron chi connectivity index (χ3n) is 2.44. The van der Waals surface area contributed by atoms with Gasteiger partial charge in [-0.2, -0.15) is 0 Å². The van der Waals surface area contributed by atoms with E-state index in [1.807, 2.05) is 0 Å². The third-order valence-corrected chi connectivity index (χ3v) is 2.44. The van der Waals surface area contributed by atoms with Crippen LogP contribution in [0.1, 0.15) is 16.8 Å². The smallest absolute Gasteiger partial charge is 0.345 e. The van der Waals surface area contributed by atoms with Crippen molar-refractivity contribution >= 4 is 11.7 Å². The van der Waals surface area contributed by atoms with Gasteiger partial charge in [-0.15, -0.1) is 0 Å². The van der Waals surface area contributed by atoms with E-state index in [2.05, 4.69) is 4.74 Å². The van der Waals surface area contributed by atoms with Crippen LogP contribution >= 0.6 is 0 Å². The maximum Gasteiger partial charge on any atom is 0.345 e. The number of nitrogens with zero attached hydrogens (tertiary/aromatic N) is 1. The number of methoxy groups -OCH3 is 2. The second kappa shape index (κ2) is 7.29. The van der Waals surface area contributed by atoms with Crippen LogP contribution in [0.3, 0.4) is 0 Å². The summed E-state index contributed by atoms with van der Waals surface area (Å²) in [5.41, 5.74) is -0.652. The molecule has 0 fully saturated rings. The van der Waals surface area contributed by atoms with Crippen LogP contribution < -0.4 is 9.47 Å². The van der Waals surface area contributed by atoms with Gasteiger partial charge in [0.25, 0.3) is 5.69 Å². The molecule has 0 amide bonds. The van der Waals surface area contributed by atoms with Crippen molar-refractivity contribution in [2.45, 2.75) is 6.42 Å². The highest BCUT2D eigenvalue weighted by molar-refractivity contribution is 5.94. The molecule has 8 nitrogen and oxygen atoms in total. The fraction of sp³-hybridized carbons (Fsp3) is 0.417. The number of ether oxygens (including phenoxy) is 3.